The third-order valence-electron chi connectivity index (χ3n) is 4.21. The molecule has 0 amide bonds. The van der Waals surface area contributed by atoms with Gasteiger partial charge in [0.05, 0.1) is 18.4 Å². The number of ether oxygens (including phenoxy) is 2. The normalized spacial score (nSPS) is 10.6. The molecule has 0 bridgehead atoms. The van der Waals surface area contributed by atoms with Gasteiger partial charge in [-0.25, -0.2) is 4.79 Å². The van der Waals surface area contributed by atoms with Crippen molar-refractivity contribution in [2.24, 2.45) is 5.10 Å². The largest absolute Gasteiger partial charge is 0.490 e. The lowest BCUT2D eigenvalue weighted by Crippen LogP contribution is -2.23. The average Bonchev–Trinajstić information content (AvgIpc) is 2.76. The molecule has 0 aromatic heterocycles. The summed E-state index contributed by atoms with van der Waals surface area (Å²) in [5.74, 6) is 0.242. The molecule has 0 saturated heterocycles. The third kappa shape index (κ3) is 6.80. The van der Waals surface area contributed by atoms with Gasteiger partial charge in [-0.3, -0.25) is 5.43 Å². The topological polar surface area (TPSA) is 71.9 Å². The zero-order valence-corrected chi connectivity index (χ0v) is 19.2. The Morgan fingerprint density at radius 3 is 2.59 bits per heavy atom. The molecule has 32 heavy (non-hydrogen) atoms. The lowest BCUT2D eigenvalue weighted by molar-refractivity contribution is 0.0728. The van der Waals surface area contributed by atoms with E-state index in [-0.39, 0.29) is 0 Å². The first-order valence-electron chi connectivity index (χ1n) is 9.86. The van der Waals surface area contributed by atoms with Gasteiger partial charge in [0.1, 0.15) is 0 Å². The first kappa shape index (κ1) is 23.2. The smallest absolute Gasteiger partial charge is 0.343 e. The minimum Gasteiger partial charge on any atom is -0.490 e. The minimum absolute atomic E-state index is 0.313. The maximum absolute atomic E-state index is 12.4. The van der Waals surface area contributed by atoms with Gasteiger partial charge in [-0.1, -0.05) is 23.7 Å². The SMILES string of the molecule is CCOc1cc(C=NNC(=S)Nc2cccc(C)c2)ccc1OC(=O)c1ccc(Cl)cc1. The van der Waals surface area contributed by atoms with Crippen molar-refractivity contribution in [1.82, 2.24) is 5.43 Å². The first-order chi connectivity index (χ1) is 15.4. The monoisotopic (exact) mass is 467 g/mol. The fraction of sp³-hybridized carbons (Fsp3) is 0.125. The predicted molar refractivity (Wildman–Crippen MR) is 132 cm³/mol. The lowest BCUT2D eigenvalue weighted by Gasteiger charge is -2.11. The number of nitrogens with one attached hydrogen (secondary N) is 2. The number of halogens is 1. The van der Waals surface area contributed by atoms with E-state index in [1.165, 1.54) is 0 Å². The van der Waals surface area contributed by atoms with Crippen LogP contribution < -0.4 is 20.2 Å². The number of anilines is 1. The Morgan fingerprint density at radius 1 is 1.09 bits per heavy atom. The molecule has 3 rings (SSSR count). The van der Waals surface area contributed by atoms with E-state index in [9.17, 15) is 4.79 Å². The van der Waals surface area contributed by atoms with Crippen molar-refractivity contribution in [3.63, 3.8) is 0 Å². The number of hydrogen-bond acceptors (Lipinski definition) is 5. The van der Waals surface area contributed by atoms with Gasteiger partial charge in [0.25, 0.3) is 0 Å². The molecule has 0 radical (unpaired) electrons. The fourth-order valence-corrected chi connectivity index (χ4v) is 3.05. The van der Waals surface area contributed by atoms with Crippen molar-refractivity contribution >= 4 is 46.8 Å². The maximum atomic E-state index is 12.4. The Labute approximate surface area is 197 Å². The molecule has 0 aliphatic rings. The number of thiocarbonyl (C=S) groups is 1. The molecule has 0 unspecified atom stereocenters. The van der Waals surface area contributed by atoms with Gasteiger partial charge >= 0.3 is 5.97 Å². The molecule has 2 N–H and O–H groups in total. The molecule has 0 heterocycles. The minimum atomic E-state index is -0.502. The maximum Gasteiger partial charge on any atom is 0.343 e. The lowest BCUT2D eigenvalue weighted by atomic mass is 10.2. The number of nitrogens with zero attached hydrogens (tertiary/aromatic N) is 1. The van der Waals surface area contributed by atoms with Crippen LogP contribution in [0.25, 0.3) is 0 Å². The fourth-order valence-electron chi connectivity index (χ4n) is 2.75. The van der Waals surface area contributed by atoms with E-state index in [4.69, 9.17) is 33.3 Å². The molecule has 0 saturated carbocycles. The van der Waals surface area contributed by atoms with Crippen LogP contribution in [-0.2, 0) is 0 Å². The summed E-state index contributed by atoms with van der Waals surface area (Å²) in [6, 6.07) is 19.5. The van der Waals surface area contributed by atoms with E-state index in [0.717, 1.165) is 16.8 Å². The Hall–Kier alpha value is -3.42. The van der Waals surface area contributed by atoms with Crippen LogP contribution in [0.4, 0.5) is 5.69 Å². The molecular weight excluding hydrogens is 446 g/mol. The quantitative estimate of drug-likeness (QED) is 0.155. The summed E-state index contributed by atoms with van der Waals surface area (Å²) in [5.41, 5.74) is 5.91. The van der Waals surface area contributed by atoms with E-state index in [1.54, 1.807) is 48.7 Å². The number of rotatable bonds is 7. The predicted octanol–water partition coefficient (Wildman–Crippen LogP) is 5.59. The highest BCUT2D eigenvalue weighted by Crippen LogP contribution is 2.29. The number of carbonyl (C=O) groups excluding carboxylic acids is 1. The van der Waals surface area contributed by atoms with Gasteiger partial charge in [-0.2, -0.15) is 5.10 Å². The molecule has 0 aliphatic heterocycles. The highest BCUT2D eigenvalue weighted by molar-refractivity contribution is 7.80. The first-order valence-corrected chi connectivity index (χ1v) is 10.6. The number of aryl methyl sites for hydroxylation is 1. The van der Waals surface area contributed by atoms with Crippen LogP contribution in [0.5, 0.6) is 11.5 Å². The van der Waals surface area contributed by atoms with Crippen molar-refractivity contribution in [2.75, 3.05) is 11.9 Å². The molecule has 164 valence electrons. The number of benzene rings is 3. The number of hydrogen-bond donors (Lipinski definition) is 2. The second-order valence-electron chi connectivity index (χ2n) is 6.73. The molecule has 0 fully saturated rings. The Bertz CT molecular complexity index is 1130. The second-order valence-corrected chi connectivity index (χ2v) is 7.57. The van der Waals surface area contributed by atoms with Crippen molar-refractivity contribution in [2.45, 2.75) is 13.8 Å². The molecular formula is C24H22ClN3O3S. The molecule has 8 heteroatoms. The summed E-state index contributed by atoms with van der Waals surface area (Å²) in [4.78, 5) is 12.4. The van der Waals surface area contributed by atoms with Crippen LogP contribution >= 0.6 is 23.8 Å². The van der Waals surface area contributed by atoms with Crippen molar-refractivity contribution in [3.05, 3.63) is 88.4 Å². The highest BCUT2D eigenvalue weighted by atomic mass is 35.5. The van der Waals surface area contributed by atoms with Crippen molar-refractivity contribution in [1.29, 1.82) is 0 Å². The molecule has 6 nitrogen and oxygen atoms in total. The molecule has 0 spiro atoms. The molecule has 3 aromatic carbocycles. The zero-order chi connectivity index (χ0) is 22.9. The summed E-state index contributed by atoms with van der Waals surface area (Å²) in [6.45, 7) is 4.27. The van der Waals surface area contributed by atoms with Gasteiger partial charge in [0.15, 0.2) is 16.6 Å². The second kappa shape index (κ2) is 11.3. The van der Waals surface area contributed by atoms with Crippen LogP contribution in [0.1, 0.15) is 28.4 Å². The number of esters is 1. The van der Waals surface area contributed by atoms with E-state index in [1.807, 2.05) is 38.1 Å². The Balaban J connectivity index is 1.64. The van der Waals surface area contributed by atoms with Crippen molar-refractivity contribution in [3.8, 4) is 11.5 Å². The molecule has 0 aliphatic carbocycles. The number of hydrazone groups is 1. The van der Waals surface area contributed by atoms with Crippen molar-refractivity contribution < 1.29 is 14.3 Å². The standard InChI is InChI=1S/C24H22ClN3O3S/c1-3-30-22-14-17(15-26-28-24(32)27-20-6-4-5-16(2)13-20)7-12-21(22)31-23(29)18-8-10-19(25)11-9-18/h4-15H,3H2,1-2H3,(H2,27,28,32). The Kier molecular flexibility index (Phi) is 8.19. The third-order valence-corrected chi connectivity index (χ3v) is 4.65. The van der Waals surface area contributed by atoms with E-state index >= 15 is 0 Å². The van der Waals surface area contributed by atoms with E-state index in [2.05, 4.69) is 15.8 Å². The summed E-state index contributed by atoms with van der Waals surface area (Å²) in [5, 5.41) is 8.13. The van der Waals surface area contributed by atoms with Gasteiger partial charge < -0.3 is 14.8 Å². The van der Waals surface area contributed by atoms with Crippen LogP contribution in [-0.4, -0.2) is 23.9 Å². The van der Waals surface area contributed by atoms with Crippen LogP contribution in [0.3, 0.4) is 0 Å². The zero-order valence-electron chi connectivity index (χ0n) is 17.6. The summed E-state index contributed by atoms with van der Waals surface area (Å²) in [6.07, 6.45) is 1.59. The van der Waals surface area contributed by atoms with Gasteiger partial charge in [0, 0.05) is 10.7 Å². The molecule has 3 aromatic rings. The number of carbonyl (C=O) groups is 1. The van der Waals surface area contributed by atoms with Crippen LogP contribution in [0, 0.1) is 6.92 Å². The Morgan fingerprint density at radius 2 is 1.88 bits per heavy atom. The summed E-state index contributed by atoms with van der Waals surface area (Å²) in [7, 11) is 0. The van der Waals surface area contributed by atoms with Gasteiger partial charge in [-0.05, 0) is 91.8 Å². The van der Waals surface area contributed by atoms with Gasteiger partial charge in [0.2, 0.25) is 0 Å². The highest BCUT2D eigenvalue weighted by Gasteiger charge is 2.13. The summed E-state index contributed by atoms with van der Waals surface area (Å²) < 4.78 is 11.1. The molecule has 0 atom stereocenters. The van der Waals surface area contributed by atoms with Gasteiger partial charge in [-0.15, -0.1) is 0 Å². The van der Waals surface area contributed by atoms with Crippen LogP contribution in [0.2, 0.25) is 5.02 Å². The average molecular weight is 468 g/mol. The van der Waals surface area contributed by atoms with Crippen LogP contribution in [0.15, 0.2) is 71.8 Å². The van der Waals surface area contributed by atoms with E-state index in [0.29, 0.717) is 33.8 Å². The summed E-state index contributed by atoms with van der Waals surface area (Å²) >= 11 is 11.1. The van der Waals surface area contributed by atoms with E-state index < -0.39 is 5.97 Å².